The Balaban J connectivity index is 2.33. The van der Waals surface area contributed by atoms with Crippen molar-refractivity contribution < 1.29 is 5.11 Å². The largest absolute Gasteiger partial charge is 0.392 e. The van der Waals surface area contributed by atoms with E-state index in [1.807, 2.05) is 25.1 Å². The zero-order chi connectivity index (χ0) is 11.8. The van der Waals surface area contributed by atoms with Crippen molar-refractivity contribution in [1.29, 1.82) is 0 Å². The van der Waals surface area contributed by atoms with E-state index >= 15 is 0 Å². The molecule has 2 nitrogen and oxygen atoms in total. The molecule has 1 aromatic rings. The van der Waals surface area contributed by atoms with Crippen LogP contribution in [0.2, 0.25) is 0 Å². The van der Waals surface area contributed by atoms with Gasteiger partial charge in [-0.3, -0.25) is 4.98 Å². The van der Waals surface area contributed by atoms with Gasteiger partial charge in [0.1, 0.15) is 0 Å². The molecule has 0 amide bonds. The Morgan fingerprint density at radius 3 is 2.69 bits per heavy atom. The second-order valence-electron chi connectivity index (χ2n) is 4.46. The molecule has 1 N–H and O–H groups in total. The van der Waals surface area contributed by atoms with E-state index < -0.39 is 0 Å². The van der Waals surface area contributed by atoms with Crippen LogP contribution in [0.15, 0.2) is 24.4 Å². The van der Waals surface area contributed by atoms with E-state index in [1.165, 1.54) is 19.3 Å². The molecule has 2 heteroatoms. The Morgan fingerprint density at radius 1 is 1.25 bits per heavy atom. The minimum atomic E-state index is -0.258. The monoisotopic (exact) mass is 221 g/mol. The summed E-state index contributed by atoms with van der Waals surface area (Å²) >= 11 is 0. The van der Waals surface area contributed by atoms with Crippen molar-refractivity contribution >= 4 is 0 Å². The maximum Gasteiger partial charge on any atom is 0.0621 e. The summed E-state index contributed by atoms with van der Waals surface area (Å²) in [6, 6.07) is 5.87. The van der Waals surface area contributed by atoms with Crippen molar-refractivity contribution in [3.63, 3.8) is 0 Å². The molecule has 0 aliphatic carbocycles. The fourth-order valence-electron chi connectivity index (χ4n) is 1.87. The van der Waals surface area contributed by atoms with Crippen molar-refractivity contribution in [3.05, 3.63) is 30.1 Å². The lowest BCUT2D eigenvalue weighted by Gasteiger charge is -2.18. The first-order valence-electron chi connectivity index (χ1n) is 6.34. The first-order valence-corrected chi connectivity index (χ1v) is 6.34. The van der Waals surface area contributed by atoms with Crippen LogP contribution in [-0.2, 0) is 0 Å². The van der Waals surface area contributed by atoms with Gasteiger partial charge in [-0.15, -0.1) is 0 Å². The van der Waals surface area contributed by atoms with E-state index in [0.29, 0.717) is 0 Å². The Morgan fingerprint density at radius 2 is 2.06 bits per heavy atom. The molecule has 2 atom stereocenters. The highest BCUT2D eigenvalue weighted by Gasteiger charge is 2.16. The van der Waals surface area contributed by atoms with Gasteiger partial charge in [0.2, 0.25) is 0 Å². The van der Waals surface area contributed by atoms with Crippen LogP contribution >= 0.6 is 0 Å². The maximum absolute atomic E-state index is 10.0. The van der Waals surface area contributed by atoms with Crippen molar-refractivity contribution in [3.8, 4) is 0 Å². The highest BCUT2D eigenvalue weighted by Crippen LogP contribution is 2.20. The summed E-state index contributed by atoms with van der Waals surface area (Å²) in [5.74, 6) is 0.142. The minimum absolute atomic E-state index is 0.142. The number of hydrogen-bond acceptors (Lipinski definition) is 2. The molecule has 0 aliphatic rings. The fraction of sp³-hybridized carbons (Fsp3) is 0.643. The Hall–Kier alpha value is -0.890. The highest BCUT2D eigenvalue weighted by atomic mass is 16.3. The molecule has 0 aromatic carbocycles. The van der Waals surface area contributed by atoms with Crippen LogP contribution < -0.4 is 0 Å². The van der Waals surface area contributed by atoms with Gasteiger partial charge in [-0.2, -0.15) is 0 Å². The molecular formula is C14H23NO. The quantitative estimate of drug-likeness (QED) is 0.715. The van der Waals surface area contributed by atoms with Crippen LogP contribution in [0.25, 0.3) is 0 Å². The van der Waals surface area contributed by atoms with Gasteiger partial charge >= 0.3 is 0 Å². The molecule has 0 spiro atoms. The van der Waals surface area contributed by atoms with Gasteiger partial charge in [-0.05, 0) is 18.6 Å². The molecule has 2 unspecified atom stereocenters. The number of aliphatic hydroxyl groups excluding tert-OH is 1. The minimum Gasteiger partial charge on any atom is -0.392 e. The van der Waals surface area contributed by atoms with Crippen molar-refractivity contribution in [2.75, 3.05) is 0 Å². The Bertz CT molecular complexity index is 273. The van der Waals surface area contributed by atoms with Gasteiger partial charge < -0.3 is 5.11 Å². The van der Waals surface area contributed by atoms with Gasteiger partial charge in [0.15, 0.2) is 0 Å². The molecule has 0 radical (unpaired) electrons. The summed E-state index contributed by atoms with van der Waals surface area (Å²) < 4.78 is 0. The molecular weight excluding hydrogens is 198 g/mol. The third kappa shape index (κ3) is 4.31. The lowest BCUT2D eigenvalue weighted by molar-refractivity contribution is 0.134. The molecule has 16 heavy (non-hydrogen) atoms. The zero-order valence-corrected chi connectivity index (χ0v) is 10.4. The number of hydrogen-bond donors (Lipinski definition) is 1. The third-order valence-electron chi connectivity index (χ3n) is 3.08. The smallest absolute Gasteiger partial charge is 0.0621 e. The van der Waals surface area contributed by atoms with Crippen LogP contribution in [-0.4, -0.2) is 16.2 Å². The molecule has 0 saturated heterocycles. The highest BCUT2D eigenvalue weighted by molar-refractivity contribution is 5.09. The number of pyridine rings is 1. The molecule has 0 fully saturated rings. The molecule has 1 aromatic heterocycles. The second-order valence-corrected chi connectivity index (χ2v) is 4.46. The van der Waals surface area contributed by atoms with E-state index in [1.54, 1.807) is 6.20 Å². The summed E-state index contributed by atoms with van der Waals surface area (Å²) in [6.07, 6.45) is 7.27. The second kappa shape index (κ2) is 7.39. The predicted molar refractivity (Wildman–Crippen MR) is 67.4 cm³/mol. The van der Waals surface area contributed by atoms with Crippen LogP contribution in [0.3, 0.4) is 0 Å². The topological polar surface area (TPSA) is 33.1 Å². The van der Waals surface area contributed by atoms with Gasteiger partial charge in [0.25, 0.3) is 0 Å². The molecule has 0 aliphatic heterocycles. The van der Waals surface area contributed by atoms with E-state index in [9.17, 15) is 5.11 Å². The van der Waals surface area contributed by atoms with Crippen LogP contribution in [0.4, 0.5) is 0 Å². The average molecular weight is 221 g/mol. The number of nitrogens with zero attached hydrogens (tertiary/aromatic N) is 1. The maximum atomic E-state index is 10.0. The van der Waals surface area contributed by atoms with Gasteiger partial charge in [-0.1, -0.05) is 45.6 Å². The standard InChI is InChI=1S/C14H23NO/c1-3-4-5-6-10-14(16)12(2)13-9-7-8-11-15-13/h7-9,11-12,14,16H,3-6,10H2,1-2H3. The van der Waals surface area contributed by atoms with Crippen LogP contribution in [0, 0.1) is 0 Å². The van der Waals surface area contributed by atoms with Gasteiger partial charge in [0.05, 0.1) is 6.10 Å². The third-order valence-corrected chi connectivity index (χ3v) is 3.08. The number of aromatic nitrogens is 1. The van der Waals surface area contributed by atoms with Gasteiger partial charge in [0, 0.05) is 17.8 Å². The molecule has 1 rings (SSSR count). The Labute approximate surface area is 98.7 Å². The van der Waals surface area contributed by atoms with Crippen LogP contribution in [0.1, 0.15) is 57.6 Å². The van der Waals surface area contributed by atoms with Crippen molar-refractivity contribution in [2.24, 2.45) is 0 Å². The molecule has 90 valence electrons. The van der Waals surface area contributed by atoms with E-state index in [0.717, 1.165) is 18.5 Å². The number of unbranched alkanes of at least 4 members (excludes halogenated alkanes) is 3. The van der Waals surface area contributed by atoms with Crippen LogP contribution in [0.5, 0.6) is 0 Å². The normalized spacial score (nSPS) is 14.7. The molecule has 0 bridgehead atoms. The predicted octanol–water partition coefficient (Wildman–Crippen LogP) is 3.52. The van der Waals surface area contributed by atoms with E-state index in [2.05, 4.69) is 11.9 Å². The van der Waals surface area contributed by atoms with Crippen molar-refractivity contribution in [1.82, 2.24) is 4.98 Å². The summed E-state index contributed by atoms with van der Waals surface area (Å²) in [5, 5.41) is 10.0. The van der Waals surface area contributed by atoms with Crippen molar-refractivity contribution in [2.45, 2.75) is 58.0 Å². The SMILES string of the molecule is CCCCCCC(O)C(C)c1ccccn1. The van der Waals surface area contributed by atoms with E-state index in [4.69, 9.17) is 0 Å². The number of rotatable bonds is 7. The Kier molecular flexibility index (Phi) is 6.09. The lowest BCUT2D eigenvalue weighted by Crippen LogP contribution is -2.16. The first kappa shape index (κ1) is 13.2. The fourth-order valence-corrected chi connectivity index (χ4v) is 1.87. The summed E-state index contributed by atoms with van der Waals surface area (Å²) in [5.41, 5.74) is 0.991. The summed E-state index contributed by atoms with van der Waals surface area (Å²) in [4.78, 5) is 4.28. The lowest BCUT2D eigenvalue weighted by atomic mass is 9.95. The first-order chi connectivity index (χ1) is 7.75. The average Bonchev–Trinajstić information content (AvgIpc) is 2.34. The van der Waals surface area contributed by atoms with E-state index in [-0.39, 0.29) is 12.0 Å². The molecule has 0 saturated carbocycles. The van der Waals surface area contributed by atoms with Gasteiger partial charge in [-0.25, -0.2) is 0 Å². The molecule has 1 heterocycles. The summed E-state index contributed by atoms with van der Waals surface area (Å²) in [7, 11) is 0. The number of aliphatic hydroxyl groups is 1. The zero-order valence-electron chi connectivity index (χ0n) is 10.4. The summed E-state index contributed by atoms with van der Waals surface area (Å²) in [6.45, 7) is 4.25.